The lowest BCUT2D eigenvalue weighted by molar-refractivity contribution is 0.855. The van der Waals surface area contributed by atoms with Gasteiger partial charge in [-0.15, -0.1) is 13.2 Å². The molecule has 0 heteroatoms. The quantitative estimate of drug-likeness (QED) is 0.591. The van der Waals surface area contributed by atoms with Crippen LogP contribution in [0.25, 0.3) is 5.57 Å². The van der Waals surface area contributed by atoms with E-state index < -0.39 is 0 Å². The molecular weight excluding hydrogens is 192 g/mol. The van der Waals surface area contributed by atoms with Gasteiger partial charge in [0.2, 0.25) is 0 Å². The third-order valence-corrected chi connectivity index (χ3v) is 2.69. The molecule has 1 aromatic rings. The van der Waals surface area contributed by atoms with Gasteiger partial charge in [0.05, 0.1) is 0 Å². The Labute approximate surface area is 101 Å². The first-order chi connectivity index (χ1) is 7.43. The Morgan fingerprint density at radius 3 is 1.94 bits per heavy atom. The normalized spacial score (nSPS) is 9.62. The van der Waals surface area contributed by atoms with Crippen molar-refractivity contribution in [2.75, 3.05) is 0 Å². The lowest BCUT2D eigenvalue weighted by Crippen LogP contribution is -1.96. The Kier molecular flexibility index (Phi) is 5.81. The lowest BCUT2D eigenvalue weighted by Gasteiger charge is -2.14. The zero-order chi connectivity index (χ0) is 12.9. The van der Waals surface area contributed by atoms with Crippen LogP contribution in [-0.2, 0) is 0 Å². The second kappa shape index (κ2) is 6.32. The zero-order valence-corrected chi connectivity index (χ0v) is 11.4. The molecule has 0 saturated carbocycles. The summed E-state index contributed by atoms with van der Waals surface area (Å²) in [4.78, 5) is 0. The molecule has 0 unspecified atom stereocenters. The van der Waals surface area contributed by atoms with Gasteiger partial charge in [-0.3, -0.25) is 0 Å². The second-order valence-electron chi connectivity index (χ2n) is 4.46. The van der Waals surface area contributed by atoms with Crippen LogP contribution in [0.4, 0.5) is 0 Å². The molecule has 0 bridgehead atoms. The van der Waals surface area contributed by atoms with Crippen molar-refractivity contribution in [3.8, 4) is 0 Å². The van der Waals surface area contributed by atoms with Gasteiger partial charge in [-0.25, -0.2) is 0 Å². The van der Waals surface area contributed by atoms with Gasteiger partial charge in [0.25, 0.3) is 0 Å². The molecule has 88 valence electrons. The molecule has 0 radical (unpaired) electrons. The lowest BCUT2D eigenvalue weighted by atomic mass is 9.91. The van der Waals surface area contributed by atoms with Crippen LogP contribution in [0.15, 0.2) is 31.9 Å². The van der Waals surface area contributed by atoms with E-state index in [0.717, 1.165) is 5.57 Å². The highest BCUT2D eigenvalue weighted by molar-refractivity contribution is 5.66. The molecule has 0 amide bonds. The van der Waals surface area contributed by atoms with Gasteiger partial charge in [0.15, 0.2) is 0 Å². The predicted molar refractivity (Wildman–Crippen MR) is 76.0 cm³/mol. The molecular formula is C16H24. The highest BCUT2D eigenvalue weighted by Gasteiger charge is 2.07. The van der Waals surface area contributed by atoms with Gasteiger partial charge in [-0.1, -0.05) is 38.1 Å². The third-order valence-electron chi connectivity index (χ3n) is 2.69. The van der Waals surface area contributed by atoms with E-state index in [2.05, 4.69) is 66.5 Å². The van der Waals surface area contributed by atoms with E-state index in [1.807, 2.05) is 0 Å². The molecule has 0 aromatic heterocycles. The number of hydrogen-bond acceptors (Lipinski definition) is 0. The molecule has 0 aliphatic rings. The maximum absolute atomic E-state index is 4.02. The highest BCUT2D eigenvalue weighted by Crippen LogP contribution is 2.26. The Bertz CT molecular complexity index is 370. The van der Waals surface area contributed by atoms with E-state index in [-0.39, 0.29) is 0 Å². The van der Waals surface area contributed by atoms with Gasteiger partial charge in [0.1, 0.15) is 0 Å². The molecule has 16 heavy (non-hydrogen) atoms. The minimum Gasteiger partial charge on any atom is -0.106 e. The minimum atomic E-state index is 0.591. The van der Waals surface area contributed by atoms with Crippen molar-refractivity contribution < 1.29 is 0 Å². The summed E-state index contributed by atoms with van der Waals surface area (Å²) in [7, 11) is 0. The summed E-state index contributed by atoms with van der Waals surface area (Å²) in [5, 5.41) is 0. The molecule has 0 aliphatic heterocycles. The van der Waals surface area contributed by atoms with E-state index in [0.29, 0.717) is 5.92 Å². The topological polar surface area (TPSA) is 0 Å². The van der Waals surface area contributed by atoms with Crippen LogP contribution in [0.3, 0.4) is 0 Å². The molecule has 0 N–H and O–H groups in total. The number of hydrogen-bond donors (Lipinski definition) is 0. The number of rotatable bonds is 2. The van der Waals surface area contributed by atoms with Crippen LogP contribution in [0.1, 0.15) is 48.9 Å². The molecule has 0 saturated heterocycles. The van der Waals surface area contributed by atoms with Gasteiger partial charge in [-0.05, 0) is 48.9 Å². The molecule has 0 nitrogen and oxygen atoms in total. The smallest absolute Gasteiger partial charge is 0.0201 e. The molecule has 1 aromatic carbocycles. The van der Waals surface area contributed by atoms with Crippen LogP contribution < -0.4 is 0 Å². The average molecular weight is 216 g/mol. The van der Waals surface area contributed by atoms with Crippen molar-refractivity contribution >= 4 is 5.57 Å². The summed E-state index contributed by atoms with van der Waals surface area (Å²) < 4.78 is 0. The summed E-state index contributed by atoms with van der Waals surface area (Å²) in [5.41, 5.74) is 6.62. The van der Waals surface area contributed by atoms with Crippen LogP contribution in [-0.4, -0.2) is 0 Å². The Morgan fingerprint density at radius 1 is 1.06 bits per heavy atom. The second-order valence-corrected chi connectivity index (χ2v) is 4.46. The van der Waals surface area contributed by atoms with Crippen LogP contribution in [0, 0.1) is 13.8 Å². The molecule has 0 heterocycles. The zero-order valence-electron chi connectivity index (χ0n) is 11.4. The molecule has 0 aliphatic carbocycles. The van der Waals surface area contributed by atoms with Crippen molar-refractivity contribution in [2.24, 2.45) is 0 Å². The molecule has 1 rings (SSSR count). The maximum atomic E-state index is 4.02. The highest BCUT2D eigenvalue weighted by atomic mass is 14.1. The summed E-state index contributed by atoms with van der Waals surface area (Å²) in [6.07, 6.45) is 0. The van der Waals surface area contributed by atoms with Gasteiger partial charge >= 0.3 is 0 Å². The predicted octanol–water partition coefficient (Wildman–Crippen LogP) is 5.26. The monoisotopic (exact) mass is 216 g/mol. The molecule has 0 spiro atoms. The van der Waals surface area contributed by atoms with Crippen molar-refractivity contribution in [2.45, 2.75) is 40.5 Å². The number of benzene rings is 1. The van der Waals surface area contributed by atoms with Crippen molar-refractivity contribution in [1.82, 2.24) is 0 Å². The Morgan fingerprint density at radius 2 is 1.56 bits per heavy atom. The first-order valence-corrected chi connectivity index (χ1v) is 5.70. The number of allylic oxidation sites excluding steroid dienone is 1. The summed E-state index contributed by atoms with van der Waals surface area (Å²) in [6.45, 7) is 20.9. The molecule has 0 fully saturated rings. The number of aryl methyl sites for hydroxylation is 2. The van der Waals surface area contributed by atoms with Crippen molar-refractivity contribution in [3.63, 3.8) is 0 Å². The van der Waals surface area contributed by atoms with Crippen molar-refractivity contribution in [1.29, 1.82) is 0 Å². The van der Waals surface area contributed by atoms with Crippen LogP contribution >= 0.6 is 0 Å². The first-order valence-electron chi connectivity index (χ1n) is 5.70. The summed E-state index contributed by atoms with van der Waals surface area (Å²) in [5.74, 6) is 0.591. The fraction of sp³-hybridized carbons (Fsp3) is 0.375. The fourth-order valence-electron chi connectivity index (χ4n) is 1.95. The SMILES string of the molecule is C=C.C=C(C)c1cc(C(C)C)c(C)cc1C. The van der Waals surface area contributed by atoms with E-state index in [4.69, 9.17) is 0 Å². The largest absolute Gasteiger partial charge is 0.106 e. The standard InChI is InChI=1S/C14H20.C2H4/c1-9(2)13-8-14(10(3)4)12(6)7-11(13)5;1-2/h7-8,10H,1H2,2-6H3;1-2H2. The van der Waals surface area contributed by atoms with Gasteiger partial charge in [0, 0.05) is 0 Å². The van der Waals surface area contributed by atoms with Gasteiger partial charge in [-0.2, -0.15) is 0 Å². The van der Waals surface area contributed by atoms with E-state index in [9.17, 15) is 0 Å². The van der Waals surface area contributed by atoms with Crippen LogP contribution in [0.2, 0.25) is 0 Å². The van der Waals surface area contributed by atoms with E-state index in [1.54, 1.807) is 0 Å². The van der Waals surface area contributed by atoms with Crippen molar-refractivity contribution in [3.05, 3.63) is 54.1 Å². The van der Waals surface area contributed by atoms with E-state index in [1.165, 1.54) is 22.3 Å². The summed E-state index contributed by atoms with van der Waals surface area (Å²) >= 11 is 0. The minimum absolute atomic E-state index is 0.591. The van der Waals surface area contributed by atoms with Crippen LogP contribution in [0.5, 0.6) is 0 Å². The Balaban J connectivity index is 0.00000106. The molecule has 0 atom stereocenters. The maximum Gasteiger partial charge on any atom is -0.0201 e. The fourth-order valence-corrected chi connectivity index (χ4v) is 1.95. The Hall–Kier alpha value is -1.30. The average Bonchev–Trinajstić information content (AvgIpc) is 2.19. The third kappa shape index (κ3) is 3.37. The van der Waals surface area contributed by atoms with E-state index >= 15 is 0 Å². The first kappa shape index (κ1) is 14.7. The van der Waals surface area contributed by atoms with Gasteiger partial charge < -0.3 is 0 Å². The summed E-state index contributed by atoms with van der Waals surface area (Å²) in [6, 6.07) is 4.55.